The Balaban J connectivity index is 1.80. The molecule has 1 heterocycles. The van der Waals surface area contributed by atoms with Gasteiger partial charge in [-0.2, -0.15) is 0 Å². The summed E-state index contributed by atoms with van der Waals surface area (Å²) in [5, 5.41) is 11.0. The smallest absolute Gasteiger partial charge is 0.233 e. The molecule has 0 aliphatic heterocycles. The fourth-order valence-electron chi connectivity index (χ4n) is 1.77. The number of carbonyl (C=O) groups is 1. The molecule has 8 heteroatoms. The van der Waals surface area contributed by atoms with Crippen LogP contribution in [0.1, 0.15) is 19.4 Å². The Bertz CT molecular complexity index is 716. The lowest BCUT2D eigenvalue weighted by molar-refractivity contribution is -0.120. The van der Waals surface area contributed by atoms with Gasteiger partial charge in [-0.3, -0.25) is 4.79 Å². The molecule has 134 valence electrons. The maximum Gasteiger partial charge on any atom is 0.233 e. The number of amides is 1. The summed E-state index contributed by atoms with van der Waals surface area (Å²) in [5.41, 5.74) is 2.13. The van der Waals surface area contributed by atoms with Gasteiger partial charge in [0.15, 0.2) is 8.68 Å². The first-order valence-corrected chi connectivity index (χ1v) is 10.3. The highest BCUT2D eigenvalue weighted by molar-refractivity contribution is 8.04. The minimum absolute atomic E-state index is 0.0212. The van der Waals surface area contributed by atoms with Crippen LogP contribution in [-0.4, -0.2) is 34.2 Å². The topological polar surface area (TPSA) is 64.1 Å². The molecule has 0 saturated heterocycles. The summed E-state index contributed by atoms with van der Waals surface area (Å²) in [6, 6.07) is 7.63. The molecule has 1 N–H and O–H groups in total. The van der Waals surface area contributed by atoms with E-state index in [4.69, 9.17) is 4.74 Å². The largest absolute Gasteiger partial charge is 0.497 e. The Morgan fingerprint density at radius 3 is 2.64 bits per heavy atom. The van der Waals surface area contributed by atoms with Crippen LogP contribution in [0.25, 0.3) is 0 Å². The maximum absolute atomic E-state index is 12.2. The highest BCUT2D eigenvalue weighted by atomic mass is 32.2. The Kier molecular flexibility index (Phi) is 7.80. The third-order valence-electron chi connectivity index (χ3n) is 3.10. The number of rotatable bonds is 9. The average Bonchev–Trinajstić information content (AvgIpc) is 3.05. The third kappa shape index (κ3) is 6.72. The molecule has 0 aliphatic carbocycles. The number of hydrogen-bond donors (Lipinski definition) is 1. The summed E-state index contributed by atoms with van der Waals surface area (Å²) in [7, 11) is 1.63. The van der Waals surface area contributed by atoms with Crippen molar-refractivity contribution < 1.29 is 9.53 Å². The Morgan fingerprint density at radius 1 is 1.32 bits per heavy atom. The van der Waals surface area contributed by atoms with Gasteiger partial charge >= 0.3 is 0 Å². The van der Waals surface area contributed by atoms with E-state index in [0.717, 1.165) is 31.3 Å². The zero-order chi connectivity index (χ0) is 18.2. The van der Waals surface area contributed by atoms with E-state index in [2.05, 4.69) is 22.1 Å². The number of methoxy groups -OCH3 is 1. The molecule has 0 fully saturated rings. The van der Waals surface area contributed by atoms with E-state index in [1.54, 1.807) is 18.9 Å². The summed E-state index contributed by atoms with van der Waals surface area (Å²) in [6.45, 7) is 8.22. The lowest BCUT2D eigenvalue weighted by Crippen LogP contribution is -2.30. The second kappa shape index (κ2) is 9.84. The molecule has 0 unspecified atom stereocenters. The molecule has 5 nitrogen and oxygen atoms in total. The first-order valence-electron chi connectivity index (χ1n) is 7.66. The van der Waals surface area contributed by atoms with Gasteiger partial charge < -0.3 is 10.1 Å². The Labute approximate surface area is 160 Å². The van der Waals surface area contributed by atoms with Gasteiger partial charge in [-0.15, -0.1) is 10.2 Å². The lowest BCUT2D eigenvalue weighted by Gasteiger charge is -2.10. The van der Waals surface area contributed by atoms with Crippen LogP contribution in [-0.2, 0) is 11.3 Å². The summed E-state index contributed by atoms with van der Waals surface area (Å²) in [5.74, 6) is 1.61. The molecular weight excluding hydrogens is 374 g/mol. The molecule has 0 bridgehead atoms. The van der Waals surface area contributed by atoms with Crippen LogP contribution in [0, 0.1) is 0 Å². The van der Waals surface area contributed by atoms with Crippen molar-refractivity contribution in [3.63, 3.8) is 0 Å². The number of nitrogens with one attached hydrogen (secondary N) is 1. The molecule has 1 aromatic carbocycles. The molecule has 25 heavy (non-hydrogen) atoms. The normalized spacial score (nSPS) is 11.8. The quantitative estimate of drug-likeness (QED) is 0.511. The van der Waals surface area contributed by atoms with Crippen molar-refractivity contribution in [1.82, 2.24) is 15.5 Å². The van der Waals surface area contributed by atoms with E-state index >= 15 is 0 Å². The number of thioether (sulfide) groups is 2. The highest BCUT2D eigenvalue weighted by Gasteiger charge is 2.17. The van der Waals surface area contributed by atoms with Crippen molar-refractivity contribution in [3.8, 4) is 5.75 Å². The molecule has 2 aromatic rings. The van der Waals surface area contributed by atoms with E-state index < -0.39 is 0 Å². The van der Waals surface area contributed by atoms with Gasteiger partial charge in [0, 0.05) is 12.3 Å². The zero-order valence-electron chi connectivity index (χ0n) is 14.4. The van der Waals surface area contributed by atoms with Crippen molar-refractivity contribution in [1.29, 1.82) is 0 Å². The monoisotopic (exact) mass is 395 g/mol. The number of benzene rings is 1. The minimum atomic E-state index is -0.231. The molecular formula is C17H21N3O2S3. The predicted octanol–water partition coefficient (Wildman–Crippen LogP) is 4.01. The number of ether oxygens (including phenoxy) is 1. The zero-order valence-corrected chi connectivity index (χ0v) is 16.9. The summed E-state index contributed by atoms with van der Waals surface area (Å²) in [6.07, 6.45) is 0. The van der Waals surface area contributed by atoms with Crippen molar-refractivity contribution >= 4 is 40.8 Å². The molecule has 1 atom stereocenters. The summed E-state index contributed by atoms with van der Waals surface area (Å²) in [4.78, 5) is 12.2. The number of nitrogens with zero attached hydrogens (tertiary/aromatic N) is 2. The molecule has 2 rings (SSSR count). The van der Waals surface area contributed by atoms with Gasteiger partial charge in [0.05, 0.1) is 12.4 Å². The predicted molar refractivity (Wildman–Crippen MR) is 106 cm³/mol. The molecule has 0 spiro atoms. The van der Waals surface area contributed by atoms with E-state index in [9.17, 15) is 4.79 Å². The highest BCUT2D eigenvalue weighted by Crippen LogP contribution is 2.31. The van der Waals surface area contributed by atoms with Gasteiger partial charge in [-0.1, -0.05) is 59.1 Å². The Morgan fingerprint density at radius 2 is 2.00 bits per heavy atom. The second-order valence-corrected chi connectivity index (χ2v) is 9.19. The molecule has 0 radical (unpaired) electrons. The van der Waals surface area contributed by atoms with Crippen molar-refractivity contribution in [2.24, 2.45) is 0 Å². The first-order chi connectivity index (χ1) is 12.0. The van der Waals surface area contributed by atoms with Crippen molar-refractivity contribution in [2.75, 3.05) is 12.9 Å². The van der Waals surface area contributed by atoms with E-state index in [0.29, 0.717) is 6.54 Å². The van der Waals surface area contributed by atoms with Crippen LogP contribution in [0.5, 0.6) is 5.75 Å². The van der Waals surface area contributed by atoms with Crippen LogP contribution < -0.4 is 10.1 Å². The fourth-order valence-corrected chi connectivity index (χ4v) is 4.80. The number of hydrogen-bond acceptors (Lipinski definition) is 7. The summed E-state index contributed by atoms with van der Waals surface area (Å²) < 4.78 is 6.82. The average molecular weight is 396 g/mol. The molecule has 1 amide bonds. The van der Waals surface area contributed by atoms with E-state index in [1.807, 2.05) is 38.1 Å². The van der Waals surface area contributed by atoms with Gasteiger partial charge in [-0.05, 0) is 31.5 Å². The van der Waals surface area contributed by atoms with Crippen LogP contribution >= 0.6 is 34.9 Å². The van der Waals surface area contributed by atoms with Crippen LogP contribution in [0.15, 0.2) is 45.1 Å². The standard InChI is InChI=1S/C17H21N3O2S3/c1-11(2)10-23-16-19-20-17(25-16)24-12(3)15(21)18-9-13-5-7-14(22-4)8-6-13/h5-8,12H,1,9-10H2,2-4H3,(H,18,21)/t12-/m1/s1. The molecule has 0 saturated carbocycles. The van der Waals surface area contributed by atoms with Crippen LogP contribution in [0.4, 0.5) is 0 Å². The summed E-state index contributed by atoms with van der Waals surface area (Å²) >= 11 is 4.55. The van der Waals surface area contributed by atoms with Crippen LogP contribution in [0.2, 0.25) is 0 Å². The maximum atomic E-state index is 12.2. The van der Waals surface area contributed by atoms with Gasteiger partial charge in [-0.25, -0.2) is 0 Å². The second-order valence-electron chi connectivity index (χ2n) is 5.41. The fraction of sp³-hybridized carbons (Fsp3) is 0.353. The Hall–Kier alpha value is -1.51. The van der Waals surface area contributed by atoms with Crippen molar-refractivity contribution in [2.45, 2.75) is 34.3 Å². The van der Waals surface area contributed by atoms with E-state index in [-0.39, 0.29) is 11.2 Å². The van der Waals surface area contributed by atoms with Gasteiger partial charge in [0.25, 0.3) is 0 Å². The lowest BCUT2D eigenvalue weighted by atomic mass is 10.2. The number of aromatic nitrogens is 2. The SMILES string of the molecule is C=C(C)CSc1nnc(S[C@H](C)C(=O)NCc2ccc(OC)cc2)s1. The van der Waals surface area contributed by atoms with Gasteiger partial charge in [0.2, 0.25) is 5.91 Å². The van der Waals surface area contributed by atoms with Crippen molar-refractivity contribution in [3.05, 3.63) is 42.0 Å². The number of carbonyl (C=O) groups excluding carboxylic acids is 1. The molecule has 0 aliphatic rings. The first kappa shape index (κ1) is 19.8. The van der Waals surface area contributed by atoms with E-state index in [1.165, 1.54) is 23.1 Å². The van der Waals surface area contributed by atoms with Crippen LogP contribution in [0.3, 0.4) is 0 Å². The third-order valence-corrected chi connectivity index (χ3v) is 6.57. The minimum Gasteiger partial charge on any atom is -0.497 e. The molecule has 1 aromatic heterocycles. The van der Waals surface area contributed by atoms with Gasteiger partial charge in [0.1, 0.15) is 5.75 Å².